The van der Waals surface area contributed by atoms with E-state index in [-0.39, 0.29) is 0 Å². The van der Waals surface area contributed by atoms with Gasteiger partial charge in [-0.3, -0.25) is 0 Å². The van der Waals surface area contributed by atoms with Crippen LogP contribution in [-0.4, -0.2) is 16.6 Å². The average Bonchev–Trinajstić information content (AvgIpc) is 3.17. The van der Waals surface area contributed by atoms with Crippen molar-refractivity contribution in [2.24, 2.45) is 7.05 Å². The molecular weight excluding hydrogens is 292 g/mol. The lowest BCUT2D eigenvalue weighted by molar-refractivity contribution is 0.883. The molecule has 1 aromatic carbocycles. The first-order valence-corrected chi connectivity index (χ1v) is 7.87. The zero-order valence-corrected chi connectivity index (χ0v) is 13.3. The lowest BCUT2D eigenvalue weighted by atomic mass is 10.1. The number of aryl methyl sites for hydroxylation is 1. The molecular formula is C17H16N4S. The number of anilines is 1. The summed E-state index contributed by atoms with van der Waals surface area (Å²) in [5.41, 5.74) is 4.25. The number of hydrogen-bond acceptors (Lipinski definition) is 4. The molecule has 0 N–H and O–H groups in total. The van der Waals surface area contributed by atoms with Gasteiger partial charge in [-0.1, -0.05) is 24.3 Å². The van der Waals surface area contributed by atoms with E-state index >= 15 is 0 Å². The van der Waals surface area contributed by atoms with Gasteiger partial charge in [-0.05, 0) is 33.5 Å². The average molecular weight is 308 g/mol. The highest BCUT2D eigenvalue weighted by Gasteiger charge is 2.13. The topological polar surface area (TPSA) is 44.9 Å². The number of benzene rings is 1. The Morgan fingerprint density at radius 2 is 2.00 bits per heavy atom. The standard InChI is InChI=1S/C17H16N4S/c1-20(17-16(9-18)21(2)12-19-17)10-13-3-5-14(6-4-13)15-7-8-22-11-15/h3-8,11-12H,10H2,1-2H3. The van der Waals surface area contributed by atoms with Crippen molar-refractivity contribution in [2.75, 3.05) is 11.9 Å². The van der Waals surface area contributed by atoms with Crippen molar-refractivity contribution < 1.29 is 0 Å². The van der Waals surface area contributed by atoms with Crippen molar-refractivity contribution in [3.8, 4) is 17.2 Å². The van der Waals surface area contributed by atoms with Gasteiger partial charge in [0.25, 0.3) is 0 Å². The van der Waals surface area contributed by atoms with Crippen molar-refractivity contribution in [2.45, 2.75) is 6.54 Å². The molecule has 0 amide bonds. The van der Waals surface area contributed by atoms with Gasteiger partial charge in [-0.2, -0.15) is 16.6 Å². The van der Waals surface area contributed by atoms with Crippen molar-refractivity contribution in [3.63, 3.8) is 0 Å². The monoisotopic (exact) mass is 308 g/mol. The first-order chi connectivity index (χ1) is 10.7. The van der Waals surface area contributed by atoms with E-state index in [2.05, 4.69) is 52.1 Å². The van der Waals surface area contributed by atoms with Gasteiger partial charge in [0.15, 0.2) is 11.5 Å². The van der Waals surface area contributed by atoms with Crippen molar-refractivity contribution >= 4 is 17.2 Å². The van der Waals surface area contributed by atoms with Crippen LogP contribution in [0.5, 0.6) is 0 Å². The van der Waals surface area contributed by atoms with Crippen LogP contribution in [0.25, 0.3) is 11.1 Å². The van der Waals surface area contributed by atoms with Crippen LogP contribution in [0.15, 0.2) is 47.4 Å². The second kappa shape index (κ2) is 6.04. The summed E-state index contributed by atoms with van der Waals surface area (Å²) >= 11 is 1.70. The smallest absolute Gasteiger partial charge is 0.165 e. The number of nitrogens with zero attached hydrogens (tertiary/aromatic N) is 4. The highest BCUT2D eigenvalue weighted by molar-refractivity contribution is 7.08. The molecule has 2 heterocycles. The molecule has 0 aliphatic heterocycles. The first-order valence-electron chi connectivity index (χ1n) is 6.93. The van der Waals surface area contributed by atoms with Crippen molar-refractivity contribution in [1.82, 2.24) is 9.55 Å². The van der Waals surface area contributed by atoms with Crippen LogP contribution in [0.3, 0.4) is 0 Å². The van der Waals surface area contributed by atoms with Crippen molar-refractivity contribution in [3.05, 3.63) is 58.7 Å². The molecule has 0 radical (unpaired) electrons. The molecule has 0 aliphatic rings. The van der Waals surface area contributed by atoms with Gasteiger partial charge in [0.1, 0.15) is 6.07 Å². The van der Waals surface area contributed by atoms with Crippen LogP contribution in [0.4, 0.5) is 5.82 Å². The van der Waals surface area contributed by atoms with Crippen LogP contribution in [-0.2, 0) is 13.6 Å². The minimum Gasteiger partial charge on any atom is -0.353 e. The summed E-state index contributed by atoms with van der Waals surface area (Å²) in [5, 5.41) is 13.4. The van der Waals surface area contributed by atoms with Crippen LogP contribution < -0.4 is 4.90 Å². The highest BCUT2D eigenvalue weighted by atomic mass is 32.1. The zero-order chi connectivity index (χ0) is 15.5. The minimum absolute atomic E-state index is 0.581. The van der Waals surface area contributed by atoms with E-state index in [1.54, 1.807) is 22.2 Å². The Hall–Kier alpha value is -2.58. The normalized spacial score (nSPS) is 10.4. The Kier molecular flexibility index (Phi) is 3.94. The van der Waals surface area contributed by atoms with Gasteiger partial charge in [-0.15, -0.1) is 0 Å². The molecule has 5 heteroatoms. The van der Waals surface area contributed by atoms with Crippen molar-refractivity contribution in [1.29, 1.82) is 5.26 Å². The molecule has 22 heavy (non-hydrogen) atoms. The van der Waals surface area contributed by atoms with Crippen LogP contribution in [0.2, 0.25) is 0 Å². The predicted molar refractivity (Wildman–Crippen MR) is 89.8 cm³/mol. The number of imidazole rings is 1. The molecule has 0 unspecified atom stereocenters. The summed E-state index contributed by atoms with van der Waals surface area (Å²) in [5.74, 6) is 0.715. The SMILES string of the molecule is CN(Cc1ccc(-c2ccsc2)cc1)c1ncn(C)c1C#N. The second-order valence-electron chi connectivity index (χ2n) is 5.20. The van der Waals surface area contributed by atoms with Crippen LogP contribution in [0.1, 0.15) is 11.3 Å². The van der Waals surface area contributed by atoms with E-state index in [9.17, 15) is 5.26 Å². The second-order valence-corrected chi connectivity index (χ2v) is 5.98. The van der Waals surface area contributed by atoms with E-state index in [1.807, 2.05) is 19.0 Å². The third kappa shape index (κ3) is 2.74. The summed E-state index contributed by atoms with van der Waals surface area (Å²) < 4.78 is 1.74. The summed E-state index contributed by atoms with van der Waals surface area (Å²) in [4.78, 5) is 6.31. The third-order valence-electron chi connectivity index (χ3n) is 3.61. The lowest BCUT2D eigenvalue weighted by Crippen LogP contribution is -2.18. The quantitative estimate of drug-likeness (QED) is 0.739. The molecule has 0 saturated carbocycles. The maximum Gasteiger partial charge on any atom is 0.165 e. The predicted octanol–water partition coefficient (Wildman–Crippen LogP) is 3.66. The Morgan fingerprint density at radius 1 is 1.23 bits per heavy atom. The maximum atomic E-state index is 9.21. The summed E-state index contributed by atoms with van der Waals surface area (Å²) in [7, 11) is 3.79. The fraction of sp³-hybridized carbons (Fsp3) is 0.176. The molecule has 0 fully saturated rings. The fourth-order valence-electron chi connectivity index (χ4n) is 2.41. The van der Waals surface area contributed by atoms with Gasteiger partial charge < -0.3 is 9.47 Å². The molecule has 2 aromatic heterocycles. The number of aromatic nitrogens is 2. The Morgan fingerprint density at radius 3 is 2.64 bits per heavy atom. The fourth-order valence-corrected chi connectivity index (χ4v) is 3.07. The molecule has 0 bridgehead atoms. The molecule has 110 valence electrons. The molecule has 0 aliphatic carbocycles. The van der Waals surface area contributed by atoms with Gasteiger partial charge in [0.2, 0.25) is 0 Å². The van der Waals surface area contributed by atoms with E-state index in [0.717, 1.165) is 6.54 Å². The number of nitriles is 1. The van der Waals surface area contributed by atoms with Gasteiger partial charge in [0.05, 0.1) is 6.33 Å². The summed E-state index contributed by atoms with van der Waals surface area (Å²) in [6.07, 6.45) is 1.67. The molecule has 0 saturated heterocycles. The minimum atomic E-state index is 0.581. The Labute approximate surface area is 133 Å². The van der Waals surface area contributed by atoms with E-state index in [4.69, 9.17) is 0 Å². The first kappa shape index (κ1) is 14.4. The molecule has 3 aromatic rings. The maximum absolute atomic E-state index is 9.21. The van der Waals surface area contributed by atoms with E-state index in [0.29, 0.717) is 11.5 Å². The molecule has 4 nitrogen and oxygen atoms in total. The van der Waals surface area contributed by atoms with Gasteiger partial charge in [-0.25, -0.2) is 4.98 Å². The zero-order valence-electron chi connectivity index (χ0n) is 12.5. The van der Waals surface area contributed by atoms with E-state index < -0.39 is 0 Å². The molecule has 0 atom stereocenters. The van der Waals surface area contributed by atoms with E-state index in [1.165, 1.54) is 16.7 Å². The number of rotatable bonds is 4. The van der Waals surface area contributed by atoms with Crippen LogP contribution >= 0.6 is 11.3 Å². The van der Waals surface area contributed by atoms with Gasteiger partial charge in [0, 0.05) is 20.6 Å². The third-order valence-corrected chi connectivity index (χ3v) is 4.30. The number of hydrogen-bond donors (Lipinski definition) is 0. The Bertz CT molecular complexity index is 794. The summed E-state index contributed by atoms with van der Waals surface area (Å²) in [6, 6.07) is 12.8. The molecule has 0 spiro atoms. The molecule has 3 rings (SSSR count). The Balaban J connectivity index is 1.77. The van der Waals surface area contributed by atoms with Gasteiger partial charge >= 0.3 is 0 Å². The largest absolute Gasteiger partial charge is 0.353 e. The highest BCUT2D eigenvalue weighted by Crippen LogP contribution is 2.23. The lowest BCUT2D eigenvalue weighted by Gasteiger charge is -2.17. The van der Waals surface area contributed by atoms with Crippen LogP contribution in [0, 0.1) is 11.3 Å². The summed E-state index contributed by atoms with van der Waals surface area (Å²) in [6.45, 7) is 0.718. The number of thiophene rings is 1.